The van der Waals surface area contributed by atoms with Gasteiger partial charge in [0, 0.05) is 6.42 Å². The van der Waals surface area contributed by atoms with E-state index in [2.05, 4.69) is 4.74 Å². The number of aliphatic hydroxyl groups excluding tert-OH is 3. The van der Waals surface area contributed by atoms with Gasteiger partial charge in [-0.05, 0) is 35.4 Å². The van der Waals surface area contributed by atoms with Gasteiger partial charge in [-0.3, -0.25) is 0 Å². The number of ether oxygens (including phenoxy) is 3. The van der Waals surface area contributed by atoms with Gasteiger partial charge >= 0.3 is 5.97 Å². The minimum Gasteiger partial charge on any atom is -0.489 e. The fraction of sp³-hybridized carbons (Fsp3) is 0.381. The second kappa shape index (κ2) is 9.16. The summed E-state index contributed by atoms with van der Waals surface area (Å²) in [4.78, 5) is 11.5. The lowest BCUT2D eigenvalue weighted by Gasteiger charge is -2.36. The summed E-state index contributed by atoms with van der Waals surface area (Å²) in [5, 5.41) is 29.6. The first kappa shape index (κ1) is 20.3. The van der Waals surface area contributed by atoms with Crippen LogP contribution in [0.4, 0.5) is 0 Å². The van der Waals surface area contributed by atoms with Gasteiger partial charge in [0.25, 0.3) is 0 Å². The molecule has 1 fully saturated rings. The van der Waals surface area contributed by atoms with E-state index in [1.807, 2.05) is 0 Å². The van der Waals surface area contributed by atoms with Crippen LogP contribution >= 0.6 is 0 Å². The summed E-state index contributed by atoms with van der Waals surface area (Å²) >= 11 is 0. The second-order valence-corrected chi connectivity index (χ2v) is 6.70. The molecule has 0 aliphatic carbocycles. The van der Waals surface area contributed by atoms with Crippen LogP contribution in [0.5, 0.6) is 5.75 Å². The molecule has 1 unspecified atom stereocenters. The van der Waals surface area contributed by atoms with Crippen LogP contribution in [-0.2, 0) is 16.1 Å². The van der Waals surface area contributed by atoms with Gasteiger partial charge in [-0.2, -0.15) is 0 Å². The number of methoxy groups -OCH3 is 1. The average molecular weight is 388 g/mol. The largest absolute Gasteiger partial charge is 0.489 e. The molecule has 3 N–H and O–H groups in total. The molecule has 1 saturated heterocycles. The molecule has 7 nitrogen and oxygen atoms in total. The molecule has 0 saturated carbocycles. The number of carbonyl (C=O) groups is 1. The van der Waals surface area contributed by atoms with E-state index >= 15 is 0 Å². The van der Waals surface area contributed by atoms with Crippen molar-refractivity contribution in [2.45, 2.75) is 37.4 Å². The van der Waals surface area contributed by atoms with Gasteiger partial charge in [0.1, 0.15) is 24.6 Å². The number of aliphatic hydroxyl groups is 3. The van der Waals surface area contributed by atoms with Crippen molar-refractivity contribution in [3.63, 3.8) is 0 Å². The number of benzene rings is 2. The highest BCUT2D eigenvalue weighted by molar-refractivity contribution is 5.89. The van der Waals surface area contributed by atoms with Crippen molar-refractivity contribution in [1.29, 1.82) is 0 Å². The van der Waals surface area contributed by atoms with Crippen LogP contribution in [0.15, 0.2) is 48.5 Å². The molecule has 0 bridgehead atoms. The van der Waals surface area contributed by atoms with E-state index in [9.17, 15) is 20.1 Å². The van der Waals surface area contributed by atoms with Crippen molar-refractivity contribution in [1.82, 2.24) is 0 Å². The Balaban J connectivity index is 1.67. The zero-order valence-electron chi connectivity index (χ0n) is 15.5. The smallest absolute Gasteiger partial charge is 0.337 e. The summed E-state index contributed by atoms with van der Waals surface area (Å²) in [5.74, 6) is 0.181. The maximum Gasteiger partial charge on any atom is 0.337 e. The molecule has 0 radical (unpaired) electrons. The fourth-order valence-corrected chi connectivity index (χ4v) is 3.15. The number of rotatable bonds is 6. The maximum atomic E-state index is 11.5. The van der Waals surface area contributed by atoms with Crippen molar-refractivity contribution in [2.75, 3.05) is 13.7 Å². The lowest BCUT2D eigenvalue weighted by atomic mass is 9.93. The number of carbonyl (C=O) groups excluding carboxylic acids is 1. The first-order chi connectivity index (χ1) is 13.5. The molecule has 4 atom stereocenters. The third kappa shape index (κ3) is 4.69. The van der Waals surface area contributed by atoms with Crippen molar-refractivity contribution in [3.05, 3.63) is 65.2 Å². The Bertz CT molecular complexity index is 790. The molecule has 0 amide bonds. The Hall–Kier alpha value is -2.45. The van der Waals surface area contributed by atoms with E-state index in [1.165, 1.54) is 7.11 Å². The molecule has 3 rings (SSSR count). The highest BCUT2D eigenvalue weighted by Gasteiger charge is 2.37. The topological polar surface area (TPSA) is 105 Å². The molecule has 28 heavy (non-hydrogen) atoms. The van der Waals surface area contributed by atoms with Crippen molar-refractivity contribution >= 4 is 5.97 Å². The molecule has 1 aliphatic rings. The van der Waals surface area contributed by atoms with Gasteiger partial charge < -0.3 is 29.5 Å². The van der Waals surface area contributed by atoms with Crippen LogP contribution in [0.2, 0.25) is 0 Å². The summed E-state index contributed by atoms with van der Waals surface area (Å²) in [7, 11) is 1.33. The summed E-state index contributed by atoms with van der Waals surface area (Å²) in [6.45, 7) is 0.0684. The van der Waals surface area contributed by atoms with E-state index in [4.69, 9.17) is 9.47 Å². The monoisotopic (exact) mass is 388 g/mol. The van der Waals surface area contributed by atoms with Gasteiger partial charge in [-0.25, -0.2) is 4.79 Å². The third-order valence-electron chi connectivity index (χ3n) is 4.72. The Morgan fingerprint density at radius 1 is 1.18 bits per heavy atom. The first-order valence-electron chi connectivity index (χ1n) is 9.04. The molecule has 1 heterocycles. The molecule has 0 spiro atoms. The minimum absolute atomic E-state index is 0.186. The van der Waals surface area contributed by atoms with E-state index in [1.54, 1.807) is 48.5 Å². The summed E-state index contributed by atoms with van der Waals surface area (Å²) in [6, 6.07) is 14.0. The quantitative estimate of drug-likeness (QED) is 0.646. The summed E-state index contributed by atoms with van der Waals surface area (Å²) < 4.78 is 16.2. The first-order valence-corrected chi connectivity index (χ1v) is 9.04. The molecule has 0 aromatic heterocycles. The molecule has 7 heteroatoms. The highest BCUT2D eigenvalue weighted by atomic mass is 16.5. The second-order valence-electron chi connectivity index (χ2n) is 6.70. The van der Waals surface area contributed by atoms with Crippen LogP contribution in [0.3, 0.4) is 0 Å². The van der Waals surface area contributed by atoms with Crippen molar-refractivity contribution in [2.24, 2.45) is 0 Å². The number of esters is 1. The van der Waals surface area contributed by atoms with Crippen LogP contribution in [0.25, 0.3) is 0 Å². The Morgan fingerprint density at radius 2 is 1.93 bits per heavy atom. The zero-order valence-corrected chi connectivity index (χ0v) is 15.5. The lowest BCUT2D eigenvalue weighted by molar-refractivity contribution is -0.179. The van der Waals surface area contributed by atoms with Crippen LogP contribution < -0.4 is 4.74 Å². The Labute approximate surface area is 163 Å². The van der Waals surface area contributed by atoms with Gasteiger partial charge in [-0.1, -0.05) is 24.3 Å². The zero-order chi connectivity index (χ0) is 20.1. The predicted octanol–water partition coefficient (Wildman–Crippen LogP) is 1.60. The summed E-state index contributed by atoms with van der Waals surface area (Å²) in [5.41, 5.74) is 2.00. The normalized spacial score (nSPS) is 24.6. The van der Waals surface area contributed by atoms with E-state index in [-0.39, 0.29) is 13.0 Å². The van der Waals surface area contributed by atoms with Crippen LogP contribution in [0, 0.1) is 0 Å². The Kier molecular flexibility index (Phi) is 6.64. The van der Waals surface area contributed by atoms with Gasteiger partial charge in [-0.15, -0.1) is 0 Å². The summed E-state index contributed by atoms with van der Waals surface area (Å²) in [6.07, 6.45) is -3.13. The number of hydrogen-bond donors (Lipinski definition) is 3. The average Bonchev–Trinajstić information content (AvgIpc) is 2.74. The third-order valence-corrected chi connectivity index (χ3v) is 4.72. The number of hydrogen-bond acceptors (Lipinski definition) is 7. The van der Waals surface area contributed by atoms with Crippen LogP contribution in [0.1, 0.15) is 34.0 Å². The van der Waals surface area contributed by atoms with E-state index in [0.717, 1.165) is 5.56 Å². The molecular weight excluding hydrogens is 364 g/mol. The molecule has 2 aromatic carbocycles. The van der Waals surface area contributed by atoms with Crippen molar-refractivity contribution in [3.8, 4) is 5.75 Å². The van der Waals surface area contributed by atoms with Gasteiger partial charge in [0.2, 0.25) is 0 Å². The minimum atomic E-state index is -1.08. The molecule has 1 aliphatic heterocycles. The maximum absolute atomic E-state index is 11.5. The van der Waals surface area contributed by atoms with E-state index < -0.39 is 30.4 Å². The van der Waals surface area contributed by atoms with Gasteiger partial charge in [0.05, 0.1) is 31.5 Å². The highest BCUT2D eigenvalue weighted by Crippen LogP contribution is 2.33. The van der Waals surface area contributed by atoms with Crippen molar-refractivity contribution < 1.29 is 34.3 Å². The SMILES string of the molecule is COC(=O)c1ccc(COc2cccc(C3O[C@H](CO)C[C@H](O)[C@@H]3O)c2)cc1. The fourth-order valence-electron chi connectivity index (χ4n) is 3.15. The van der Waals surface area contributed by atoms with E-state index in [0.29, 0.717) is 23.5 Å². The standard InChI is InChI=1S/C21H24O7/c1-26-21(25)14-7-5-13(6-8-14)12-27-16-4-2-3-15(9-16)20-19(24)18(23)10-17(11-22)28-20/h2-9,17-20,22-24H,10-12H2,1H3/t17-,18-,19-,20?/m0/s1. The van der Waals surface area contributed by atoms with Crippen LogP contribution in [-0.4, -0.2) is 53.3 Å². The predicted molar refractivity (Wildman–Crippen MR) is 99.9 cm³/mol. The molecule has 2 aromatic rings. The Morgan fingerprint density at radius 3 is 2.61 bits per heavy atom. The molecular formula is C21H24O7. The molecule has 150 valence electrons. The van der Waals surface area contributed by atoms with Gasteiger partial charge in [0.15, 0.2) is 0 Å². The lowest BCUT2D eigenvalue weighted by Crippen LogP contribution is -2.44.